The lowest BCUT2D eigenvalue weighted by Crippen LogP contribution is -2.49. The summed E-state index contributed by atoms with van der Waals surface area (Å²) in [5.74, 6) is 0. The highest BCUT2D eigenvalue weighted by molar-refractivity contribution is 4.89. The Hall–Kier alpha value is -0.0400. The third kappa shape index (κ3) is 5.73. The molecule has 1 aliphatic rings. The fourth-order valence-corrected chi connectivity index (χ4v) is 3.28. The number of rotatable bonds is 5. The van der Waals surface area contributed by atoms with Crippen molar-refractivity contribution in [1.29, 1.82) is 0 Å². The fourth-order valence-electron chi connectivity index (χ4n) is 3.28. The molecule has 0 aliphatic carbocycles. The van der Waals surface area contributed by atoms with E-state index < -0.39 is 0 Å². The molecule has 1 nitrogen and oxygen atoms in total. The van der Waals surface area contributed by atoms with E-state index in [9.17, 15) is 0 Å². The zero-order valence-corrected chi connectivity index (χ0v) is 13.9. The van der Waals surface area contributed by atoms with Crippen molar-refractivity contribution in [3.8, 4) is 0 Å². The van der Waals surface area contributed by atoms with Crippen molar-refractivity contribution in [3.05, 3.63) is 0 Å². The third-order valence-corrected chi connectivity index (χ3v) is 4.25. The second-order valence-electron chi connectivity index (χ2n) is 6.05. The first-order chi connectivity index (χ1) is 8.60. The zero-order chi connectivity index (χ0) is 14.0. The number of hydrogen-bond donors (Lipinski definition) is 0. The molecule has 0 spiro atoms. The minimum atomic E-state index is 0.486. The molecule has 0 saturated carbocycles. The first-order valence-electron chi connectivity index (χ1n) is 8.37. The predicted octanol–water partition coefficient (Wildman–Crippen LogP) is 5.64. The fraction of sp³-hybridized carbons (Fsp3) is 1.00. The minimum Gasteiger partial charge on any atom is -0.296 e. The van der Waals surface area contributed by atoms with E-state index in [2.05, 4.69) is 32.6 Å². The van der Waals surface area contributed by atoms with Crippen molar-refractivity contribution < 1.29 is 0 Å². The van der Waals surface area contributed by atoms with Crippen molar-refractivity contribution in [2.45, 2.75) is 104 Å². The summed E-state index contributed by atoms with van der Waals surface area (Å²) in [7, 11) is 0. The Morgan fingerprint density at radius 3 is 2.28 bits per heavy atom. The van der Waals surface area contributed by atoms with Gasteiger partial charge in [0.2, 0.25) is 0 Å². The zero-order valence-electron chi connectivity index (χ0n) is 13.9. The normalized spacial score (nSPS) is 25.5. The Morgan fingerprint density at radius 2 is 1.72 bits per heavy atom. The van der Waals surface area contributed by atoms with E-state index in [1.807, 2.05) is 13.8 Å². The van der Waals surface area contributed by atoms with Crippen molar-refractivity contribution >= 4 is 0 Å². The van der Waals surface area contributed by atoms with Gasteiger partial charge in [-0.25, -0.2) is 0 Å². The van der Waals surface area contributed by atoms with Gasteiger partial charge in [0, 0.05) is 11.6 Å². The summed E-state index contributed by atoms with van der Waals surface area (Å²) in [6, 6.07) is 0.713. The van der Waals surface area contributed by atoms with Crippen LogP contribution >= 0.6 is 0 Å². The van der Waals surface area contributed by atoms with Gasteiger partial charge in [-0.05, 0) is 46.6 Å². The van der Waals surface area contributed by atoms with Crippen molar-refractivity contribution in [1.82, 2.24) is 4.90 Å². The largest absolute Gasteiger partial charge is 0.296 e. The lowest BCUT2D eigenvalue weighted by molar-refractivity contribution is 0.0619. The summed E-state index contributed by atoms with van der Waals surface area (Å²) in [5, 5.41) is 0. The molecule has 0 aromatic carbocycles. The summed E-state index contributed by atoms with van der Waals surface area (Å²) in [6.45, 7) is 14.9. The number of hydrogen-bond acceptors (Lipinski definition) is 1. The van der Waals surface area contributed by atoms with Gasteiger partial charge in [-0.15, -0.1) is 0 Å². The highest BCUT2D eigenvalue weighted by Crippen LogP contribution is 2.33. The Morgan fingerprint density at radius 1 is 1.06 bits per heavy atom. The molecule has 0 aromatic heterocycles. The highest BCUT2D eigenvalue weighted by Gasteiger charge is 2.33. The van der Waals surface area contributed by atoms with Gasteiger partial charge in [0.25, 0.3) is 0 Å². The molecule has 0 amide bonds. The number of unbranched alkanes of at least 4 members (excludes halogenated alkanes) is 2. The van der Waals surface area contributed by atoms with Crippen LogP contribution in [0, 0.1) is 0 Å². The van der Waals surface area contributed by atoms with E-state index in [4.69, 9.17) is 0 Å². The van der Waals surface area contributed by atoms with Crippen LogP contribution in [0.4, 0.5) is 0 Å². The molecule has 1 heteroatoms. The van der Waals surface area contributed by atoms with E-state index in [0.29, 0.717) is 11.6 Å². The lowest BCUT2D eigenvalue weighted by atomic mass is 9.87. The van der Waals surface area contributed by atoms with Crippen LogP contribution in [-0.2, 0) is 0 Å². The highest BCUT2D eigenvalue weighted by atomic mass is 15.2. The summed E-state index contributed by atoms with van der Waals surface area (Å²) in [5.41, 5.74) is 0.486. The monoisotopic (exact) mass is 255 g/mol. The molecule has 1 heterocycles. The van der Waals surface area contributed by atoms with Crippen molar-refractivity contribution in [2.75, 3.05) is 6.54 Å². The number of nitrogens with zero attached hydrogens (tertiary/aromatic N) is 1. The summed E-state index contributed by atoms with van der Waals surface area (Å²) in [4.78, 5) is 2.77. The Bertz CT molecular complexity index is 188. The first-order valence-corrected chi connectivity index (χ1v) is 8.37. The van der Waals surface area contributed by atoms with E-state index in [1.165, 1.54) is 57.9 Å². The molecule has 18 heavy (non-hydrogen) atoms. The Labute approximate surface area is 116 Å². The van der Waals surface area contributed by atoms with Crippen LogP contribution in [0.1, 0.15) is 92.9 Å². The first kappa shape index (κ1) is 18.0. The molecule has 1 fully saturated rings. The van der Waals surface area contributed by atoms with Crippen LogP contribution in [-0.4, -0.2) is 23.0 Å². The molecule has 1 rings (SSSR count). The lowest BCUT2D eigenvalue weighted by Gasteiger charge is -2.43. The van der Waals surface area contributed by atoms with Crippen LogP contribution < -0.4 is 0 Å². The smallest absolute Gasteiger partial charge is 0.0184 e. The van der Waals surface area contributed by atoms with Gasteiger partial charge >= 0.3 is 0 Å². The Balaban J connectivity index is 0.00000137. The van der Waals surface area contributed by atoms with Gasteiger partial charge in [-0.1, -0.05) is 52.9 Å². The maximum absolute atomic E-state index is 2.77. The summed E-state index contributed by atoms with van der Waals surface area (Å²) >= 11 is 0. The SMILES string of the molecule is CC.CCCCCC1(C)CCCCCN1C(C)C. The average molecular weight is 255 g/mol. The van der Waals surface area contributed by atoms with E-state index in [1.54, 1.807) is 0 Å². The maximum atomic E-state index is 2.77. The predicted molar refractivity (Wildman–Crippen MR) is 84.2 cm³/mol. The molecule has 110 valence electrons. The van der Waals surface area contributed by atoms with Gasteiger partial charge in [0.15, 0.2) is 0 Å². The van der Waals surface area contributed by atoms with Crippen LogP contribution in [0.15, 0.2) is 0 Å². The molecule has 0 N–H and O–H groups in total. The average Bonchev–Trinajstić information content (AvgIpc) is 2.54. The topological polar surface area (TPSA) is 3.24 Å². The molecule has 0 bridgehead atoms. The van der Waals surface area contributed by atoms with Crippen LogP contribution in [0.25, 0.3) is 0 Å². The molecular weight excluding hydrogens is 218 g/mol. The molecular formula is C17H37N. The van der Waals surface area contributed by atoms with E-state index in [0.717, 1.165) is 0 Å². The third-order valence-electron chi connectivity index (χ3n) is 4.25. The van der Waals surface area contributed by atoms with Gasteiger partial charge < -0.3 is 0 Å². The van der Waals surface area contributed by atoms with Crippen molar-refractivity contribution in [2.24, 2.45) is 0 Å². The molecule has 1 aliphatic heterocycles. The minimum absolute atomic E-state index is 0.486. The van der Waals surface area contributed by atoms with Gasteiger partial charge in [-0.2, -0.15) is 0 Å². The van der Waals surface area contributed by atoms with E-state index in [-0.39, 0.29) is 0 Å². The van der Waals surface area contributed by atoms with Gasteiger partial charge in [0.05, 0.1) is 0 Å². The molecule has 1 unspecified atom stereocenters. The quantitative estimate of drug-likeness (QED) is 0.575. The maximum Gasteiger partial charge on any atom is 0.0184 e. The molecule has 0 aromatic rings. The van der Waals surface area contributed by atoms with Crippen molar-refractivity contribution in [3.63, 3.8) is 0 Å². The molecule has 1 saturated heterocycles. The van der Waals surface area contributed by atoms with Gasteiger partial charge in [0.1, 0.15) is 0 Å². The summed E-state index contributed by atoms with van der Waals surface area (Å²) in [6.07, 6.45) is 11.3. The van der Waals surface area contributed by atoms with Crippen LogP contribution in [0.2, 0.25) is 0 Å². The number of likely N-dealkylation sites (tertiary alicyclic amines) is 1. The molecule has 1 atom stereocenters. The second kappa shape index (κ2) is 9.83. The Kier molecular flexibility index (Phi) is 9.81. The van der Waals surface area contributed by atoms with Crippen LogP contribution in [0.5, 0.6) is 0 Å². The standard InChI is InChI=1S/C15H31N.C2H6/c1-5-6-8-11-15(4)12-9-7-10-13-16(15)14(2)3;1-2/h14H,5-13H2,1-4H3;1-2H3. The summed E-state index contributed by atoms with van der Waals surface area (Å²) < 4.78 is 0. The van der Waals surface area contributed by atoms with E-state index >= 15 is 0 Å². The van der Waals surface area contributed by atoms with Crippen LogP contribution in [0.3, 0.4) is 0 Å². The molecule has 0 radical (unpaired) electrons. The van der Waals surface area contributed by atoms with Gasteiger partial charge in [-0.3, -0.25) is 4.90 Å². The second-order valence-corrected chi connectivity index (χ2v) is 6.05.